The molecule has 6 nitrogen and oxygen atoms in total. The van der Waals surface area contributed by atoms with Gasteiger partial charge in [0.1, 0.15) is 0 Å². The van der Waals surface area contributed by atoms with Crippen molar-refractivity contribution >= 4 is 21.8 Å². The molecule has 1 unspecified atom stereocenters. The molecule has 2 aromatic carbocycles. The van der Waals surface area contributed by atoms with Crippen LogP contribution in [0.1, 0.15) is 43.2 Å². The van der Waals surface area contributed by atoms with E-state index in [1.165, 1.54) is 7.11 Å². The predicted molar refractivity (Wildman–Crippen MR) is 109 cm³/mol. The molecule has 1 N–H and O–H groups in total. The largest absolute Gasteiger partial charge is 0.453 e. The second kappa shape index (κ2) is 8.22. The number of hydrogen-bond acceptors (Lipinski definition) is 4. The highest BCUT2D eigenvalue weighted by Gasteiger charge is 2.28. The molecule has 1 aliphatic heterocycles. The summed E-state index contributed by atoms with van der Waals surface area (Å²) in [6.07, 6.45) is 0.492. The fourth-order valence-corrected chi connectivity index (χ4v) is 4.48. The number of nitrogens with zero attached hydrogens (tertiary/aromatic N) is 1. The molecule has 150 valence electrons. The van der Waals surface area contributed by atoms with Gasteiger partial charge in [0.15, 0.2) is 0 Å². The number of rotatable bonds is 5. The van der Waals surface area contributed by atoms with Crippen LogP contribution in [0.2, 0.25) is 0 Å². The second-order valence-corrected chi connectivity index (χ2v) is 9.04. The third-order valence-electron chi connectivity index (χ3n) is 5.09. The summed E-state index contributed by atoms with van der Waals surface area (Å²) in [4.78, 5) is 13.6. The van der Waals surface area contributed by atoms with Crippen LogP contribution < -0.4 is 4.72 Å². The van der Waals surface area contributed by atoms with Crippen molar-refractivity contribution in [1.29, 1.82) is 0 Å². The van der Waals surface area contributed by atoms with Crippen molar-refractivity contribution in [2.24, 2.45) is 0 Å². The van der Waals surface area contributed by atoms with Gasteiger partial charge in [-0.1, -0.05) is 38.1 Å². The maximum absolute atomic E-state index is 12.7. The van der Waals surface area contributed by atoms with Gasteiger partial charge in [-0.25, -0.2) is 13.2 Å². The normalized spacial score (nSPS) is 17.0. The van der Waals surface area contributed by atoms with Crippen molar-refractivity contribution in [3.05, 3.63) is 59.7 Å². The van der Waals surface area contributed by atoms with Crippen molar-refractivity contribution < 1.29 is 17.9 Å². The average molecular weight is 403 g/mol. The maximum atomic E-state index is 12.7. The number of ether oxygens (including phenoxy) is 1. The standard InChI is InChI=1S/C21H26N2O4S/c1-15(2)16-7-9-20(10-8-16)28(25,26)22-19-6-4-5-17(13-19)18-11-12-23(14-18)21(24)27-3/h4-10,13,15,18,22H,11-12,14H2,1-3H3. The Labute approximate surface area is 166 Å². The van der Waals surface area contributed by atoms with E-state index in [4.69, 9.17) is 4.74 Å². The topological polar surface area (TPSA) is 75.7 Å². The summed E-state index contributed by atoms with van der Waals surface area (Å²) in [5.41, 5.74) is 2.61. The molecule has 0 spiro atoms. The number of methoxy groups -OCH3 is 1. The summed E-state index contributed by atoms with van der Waals surface area (Å²) in [6, 6.07) is 14.3. The fraction of sp³-hybridized carbons (Fsp3) is 0.381. The Morgan fingerprint density at radius 2 is 1.89 bits per heavy atom. The zero-order valence-corrected chi connectivity index (χ0v) is 17.2. The van der Waals surface area contributed by atoms with E-state index in [-0.39, 0.29) is 16.9 Å². The first-order valence-corrected chi connectivity index (χ1v) is 10.8. The van der Waals surface area contributed by atoms with E-state index >= 15 is 0 Å². The molecule has 1 amide bonds. The Hall–Kier alpha value is -2.54. The van der Waals surface area contributed by atoms with Crippen LogP contribution in [0, 0.1) is 0 Å². The first kappa shape index (κ1) is 20.2. The van der Waals surface area contributed by atoms with Crippen molar-refractivity contribution in [1.82, 2.24) is 4.90 Å². The number of carbonyl (C=O) groups excluding carboxylic acids is 1. The Morgan fingerprint density at radius 3 is 2.54 bits per heavy atom. The molecule has 1 aliphatic rings. The van der Waals surface area contributed by atoms with E-state index in [0.29, 0.717) is 24.7 Å². The van der Waals surface area contributed by atoms with E-state index in [1.807, 2.05) is 30.3 Å². The van der Waals surface area contributed by atoms with E-state index in [2.05, 4.69) is 18.6 Å². The summed E-state index contributed by atoms with van der Waals surface area (Å²) in [7, 11) is -2.28. The van der Waals surface area contributed by atoms with Crippen molar-refractivity contribution in [3.8, 4) is 0 Å². The van der Waals surface area contributed by atoms with Crippen molar-refractivity contribution in [3.63, 3.8) is 0 Å². The Kier molecular flexibility index (Phi) is 5.93. The molecule has 0 saturated carbocycles. The Balaban J connectivity index is 1.74. The van der Waals surface area contributed by atoms with Crippen LogP contribution in [0.4, 0.5) is 10.5 Å². The van der Waals surface area contributed by atoms with Gasteiger partial charge < -0.3 is 9.64 Å². The molecule has 1 saturated heterocycles. The predicted octanol–water partition coefficient (Wildman–Crippen LogP) is 4.17. The highest BCUT2D eigenvalue weighted by Crippen LogP contribution is 2.30. The lowest BCUT2D eigenvalue weighted by Gasteiger charge is -2.16. The van der Waals surface area contributed by atoms with Gasteiger partial charge in [0.2, 0.25) is 0 Å². The molecule has 1 heterocycles. The minimum Gasteiger partial charge on any atom is -0.453 e. The van der Waals surface area contributed by atoms with E-state index < -0.39 is 10.0 Å². The van der Waals surface area contributed by atoms with Gasteiger partial charge in [-0.15, -0.1) is 0 Å². The quantitative estimate of drug-likeness (QED) is 0.815. The molecule has 3 rings (SSSR count). The summed E-state index contributed by atoms with van der Waals surface area (Å²) < 4.78 is 32.9. The lowest BCUT2D eigenvalue weighted by Crippen LogP contribution is -2.28. The number of benzene rings is 2. The van der Waals surface area contributed by atoms with Gasteiger partial charge in [-0.05, 0) is 47.7 Å². The molecule has 0 aliphatic carbocycles. The molecule has 0 bridgehead atoms. The lowest BCUT2D eigenvalue weighted by atomic mass is 9.98. The molecular formula is C21H26N2O4S. The van der Waals surface area contributed by atoms with Crippen LogP contribution in [-0.2, 0) is 14.8 Å². The summed E-state index contributed by atoms with van der Waals surface area (Å²) >= 11 is 0. The fourth-order valence-electron chi connectivity index (χ4n) is 3.43. The van der Waals surface area contributed by atoms with E-state index in [9.17, 15) is 13.2 Å². The van der Waals surface area contributed by atoms with Crippen LogP contribution >= 0.6 is 0 Å². The van der Waals surface area contributed by atoms with Gasteiger partial charge in [-0.2, -0.15) is 0 Å². The summed E-state index contributed by atoms with van der Waals surface area (Å²) in [5, 5.41) is 0. The smallest absolute Gasteiger partial charge is 0.409 e. The lowest BCUT2D eigenvalue weighted by molar-refractivity contribution is 0.132. The average Bonchev–Trinajstić information content (AvgIpc) is 3.17. The number of amides is 1. The molecule has 1 atom stereocenters. The molecule has 1 fully saturated rings. The monoisotopic (exact) mass is 402 g/mol. The third-order valence-corrected chi connectivity index (χ3v) is 6.49. The van der Waals surface area contributed by atoms with Crippen LogP contribution in [0.3, 0.4) is 0 Å². The van der Waals surface area contributed by atoms with Gasteiger partial charge in [0.05, 0.1) is 12.0 Å². The van der Waals surface area contributed by atoms with Gasteiger partial charge >= 0.3 is 6.09 Å². The van der Waals surface area contributed by atoms with Crippen LogP contribution in [0.25, 0.3) is 0 Å². The highest BCUT2D eigenvalue weighted by molar-refractivity contribution is 7.92. The first-order chi connectivity index (χ1) is 13.3. The molecule has 2 aromatic rings. The highest BCUT2D eigenvalue weighted by atomic mass is 32.2. The number of likely N-dealkylation sites (tertiary alicyclic amines) is 1. The van der Waals surface area contributed by atoms with Gasteiger partial charge in [0.25, 0.3) is 10.0 Å². The molecule has 7 heteroatoms. The summed E-state index contributed by atoms with van der Waals surface area (Å²) in [6.45, 7) is 5.34. The zero-order valence-electron chi connectivity index (χ0n) is 16.4. The molecule has 0 aromatic heterocycles. The van der Waals surface area contributed by atoms with Crippen LogP contribution in [0.5, 0.6) is 0 Å². The molecule has 0 radical (unpaired) electrons. The number of sulfonamides is 1. The Bertz CT molecular complexity index is 939. The van der Waals surface area contributed by atoms with E-state index in [0.717, 1.165) is 17.5 Å². The van der Waals surface area contributed by atoms with E-state index in [1.54, 1.807) is 23.1 Å². The van der Waals surface area contributed by atoms with Gasteiger partial charge in [-0.3, -0.25) is 4.72 Å². The number of carbonyl (C=O) groups is 1. The SMILES string of the molecule is COC(=O)N1CCC(c2cccc(NS(=O)(=O)c3ccc(C(C)C)cc3)c2)C1. The number of anilines is 1. The molecular weight excluding hydrogens is 376 g/mol. The minimum atomic E-state index is -3.66. The van der Waals surface area contributed by atoms with Crippen LogP contribution in [0.15, 0.2) is 53.4 Å². The van der Waals surface area contributed by atoms with Crippen LogP contribution in [-0.4, -0.2) is 39.6 Å². The number of hydrogen-bond donors (Lipinski definition) is 1. The van der Waals surface area contributed by atoms with Crippen molar-refractivity contribution in [2.75, 3.05) is 24.9 Å². The Morgan fingerprint density at radius 1 is 1.18 bits per heavy atom. The third kappa shape index (κ3) is 4.47. The molecule has 28 heavy (non-hydrogen) atoms. The maximum Gasteiger partial charge on any atom is 0.409 e. The van der Waals surface area contributed by atoms with Crippen molar-refractivity contribution in [2.45, 2.75) is 37.0 Å². The second-order valence-electron chi connectivity index (χ2n) is 7.36. The first-order valence-electron chi connectivity index (χ1n) is 9.36. The van der Waals surface area contributed by atoms with Gasteiger partial charge in [0, 0.05) is 24.7 Å². The zero-order chi connectivity index (χ0) is 20.3. The number of nitrogens with one attached hydrogen (secondary N) is 1. The minimum absolute atomic E-state index is 0.161. The summed E-state index contributed by atoms with van der Waals surface area (Å²) in [5.74, 6) is 0.506.